The van der Waals surface area contributed by atoms with E-state index in [4.69, 9.17) is 5.26 Å². The molecule has 1 N–H and O–H groups in total. The van der Waals surface area contributed by atoms with Crippen molar-refractivity contribution >= 4 is 33.4 Å². The third kappa shape index (κ3) is 3.13. The molecule has 0 aliphatic carbocycles. The van der Waals surface area contributed by atoms with Crippen LogP contribution in [0.4, 0.5) is 11.5 Å². The molecule has 0 radical (unpaired) electrons. The van der Waals surface area contributed by atoms with E-state index in [0.717, 1.165) is 10.2 Å². The van der Waals surface area contributed by atoms with Crippen LogP contribution in [-0.2, 0) is 4.74 Å². The highest BCUT2D eigenvalue weighted by atomic mass is 79.9. The van der Waals surface area contributed by atoms with Crippen molar-refractivity contribution in [3.05, 3.63) is 52.1 Å². The first-order chi connectivity index (χ1) is 9.63. The van der Waals surface area contributed by atoms with Gasteiger partial charge in [-0.3, -0.25) is 0 Å². The highest BCUT2D eigenvalue weighted by molar-refractivity contribution is 9.10. The molecule has 0 aliphatic rings. The second-order valence-electron chi connectivity index (χ2n) is 3.86. The number of nitrogens with one attached hydrogen (secondary N) is 1. The molecule has 2 aromatic rings. The topological polar surface area (TPSA) is 75.0 Å². The van der Waals surface area contributed by atoms with E-state index in [2.05, 4.69) is 37.0 Å². The van der Waals surface area contributed by atoms with Crippen LogP contribution in [0.25, 0.3) is 0 Å². The molecule has 0 saturated carbocycles. The lowest BCUT2D eigenvalue weighted by atomic mass is 10.2. The zero-order chi connectivity index (χ0) is 14.5. The van der Waals surface area contributed by atoms with Gasteiger partial charge in [0.1, 0.15) is 11.9 Å². The quantitative estimate of drug-likeness (QED) is 0.874. The lowest BCUT2D eigenvalue weighted by molar-refractivity contribution is 0.0601. The Bertz CT molecular complexity index is 678. The van der Waals surface area contributed by atoms with Gasteiger partial charge in [0, 0.05) is 16.4 Å². The largest absolute Gasteiger partial charge is 0.465 e. The van der Waals surface area contributed by atoms with Gasteiger partial charge in [-0.25, -0.2) is 9.78 Å². The smallest absolute Gasteiger partial charge is 0.337 e. The van der Waals surface area contributed by atoms with Crippen molar-refractivity contribution < 1.29 is 9.53 Å². The second-order valence-corrected chi connectivity index (χ2v) is 4.77. The molecule has 100 valence electrons. The Labute approximate surface area is 124 Å². The minimum absolute atomic E-state index is 0.393. The maximum absolute atomic E-state index is 11.3. The molecule has 0 aliphatic heterocycles. The molecule has 0 bridgehead atoms. The predicted molar refractivity (Wildman–Crippen MR) is 77.7 cm³/mol. The van der Waals surface area contributed by atoms with E-state index in [1.165, 1.54) is 7.11 Å². The highest BCUT2D eigenvalue weighted by Crippen LogP contribution is 2.21. The molecule has 0 spiro atoms. The lowest BCUT2D eigenvalue weighted by Crippen LogP contribution is -2.01. The average molecular weight is 332 g/mol. The van der Waals surface area contributed by atoms with E-state index in [9.17, 15) is 4.79 Å². The molecular weight excluding hydrogens is 322 g/mol. The van der Waals surface area contributed by atoms with Crippen LogP contribution in [0, 0.1) is 11.3 Å². The fourth-order valence-electron chi connectivity index (χ4n) is 1.57. The summed E-state index contributed by atoms with van der Waals surface area (Å²) in [6.07, 6.45) is 1.60. The standard InChI is InChI=1S/C14H10BrN3O2/c1-20-14(19)9-2-4-12(5-3-9)18-13-10(7-16)6-11(15)8-17-13/h2-6,8H,1H3,(H,17,18). The van der Waals surface area contributed by atoms with Gasteiger partial charge in [-0.05, 0) is 46.3 Å². The maximum Gasteiger partial charge on any atom is 0.337 e. The number of methoxy groups -OCH3 is 1. The second kappa shape index (κ2) is 6.17. The molecule has 6 heteroatoms. The zero-order valence-corrected chi connectivity index (χ0v) is 12.1. The number of hydrogen-bond donors (Lipinski definition) is 1. The summed E-state index contributed by atoms with van der Waals surface area (Å²) < 4.78 is 5.36. The number of pyridine rings is 1. The molecule has 0 atom stereocenters. The number of esters is 1. The summed E-state index contributed by atoms with van der Waals surface area (Å²) in [5.41, 5.74) is 1.61. The van der Waals surface area contributed by atoms with Gasteiger partial charge in [-0.15, -0.1) is 0 Å². The van der Waals surface area contributed by atoms with Crippen molar-refractivity contribution in [2.75, 3.05) is 12.4 Å². The molecule has 0 amide bonds. The summed E-state index contributed by atoms with van der Waals surface area (Å²) in [7, 11) is 1.33. The number of ether oxygens (including phenoxy) is 1. The summed E-state index contributed by atoms with van der Waals surface area (Å²) >= 11 is 3.26. The van der Waals surface area contributed by atoms with Crippen LogP contribution in [0.1, 0.15) is 15.9 Å². The minimum Gasteiger partial charge on any atom is -0.465 e. The minimum atomic E-state index is -0.393. The first-order valence-corrected chi connectivity index (χ1v) is 6.44. The summed E-state index contributed by atoms with van der Waals surface area (Å²) in [5.74, 6) is 0.0672. The number of anilines is 2. The number of nitrogens with zero attached hydrogens (tertiary/aromatic N) is 2. The monoisotopic (exact) mass is 331 g/mol. The number of carbonyl (C=O) groups is 1. The highest BCUT2D eigenvalue weighted by Gasteiger charge is 2.07. The summed E-state index contributed by atoms with van der Waals surface area (Å²) in [6.45, 7) is 0. The van der Waals surface area contributed by atoms with Gasteiger partial charge in [0.2, 0.25) is 0 Å². The third-order valence-corrected chi connectivity index (χ3v) is 2.98. The van der Waals surface area contributed by atoms with E-state index in [1.807, 2.05) is 0 Å². The third-order valence-electron chi connectivity index (χ3n) is 2.54. The SMILES string of the molecule is COC(=O)c1ccc(Nc2ncc(Br)cc2C#N)cc1. The van der Waals surface area contributed by atoms with Crippen molar-refractivity contribution in [1.29, 1.82) is 5.26 Å². The zero-order valence-electron chi connectivity index (χ0n) is 10.6. The van der Waals surface area contributed by atoms with Crippen molar-refractivity contribution in [2.45, 2.75) is 0 Å². The van der Waals surface area contributed by atoms with Gasteiger partial charge in [0.15, 0.2) is 0 Å². The molecule has 0 saturated heterocycles. The van der Waals surface area contributed by atoms with Crippen LogP contribution < -0.4 is 5.32 Å². The number of hydrogen-bond acceptors (Lipinski definition) is 5. The first kappa shape index (κ1) is 14.0. The molecule has 20 heavy (non-hydrogen) atoms. The Morgan fingerprint density at radius 1 is 1.40 bits per heavy atom. The number of halogens is 1. The summed E-state index contributed by atoms with van der Waals surface area (Å²) in [4.78, 5) is 15.5. The van der Waals surface area contributed by atoms with Crippen molar-refractivity contribution in [3.63, 3.8) is 0 Å². The van der Waals surface area contributed by atoms with E-state index >= 15 is 0 Å². The van der Waals surface area contributed by atoms with E-state index in [-0.39, 0.29) is 0 Å². The lowest BCUT2D eigenvalue weighted by Gasteiger charge is -2.08. The van der Waals surface area contributed by atoms with E-state index in [0.29, 0.717) is 16.9 Å². The number of aromatic nitrogens is 1. The van der Waals surface area contributed by atoms with Crippen molar-refractivity contribution in [2.24, 2.45) is 0 Å². The van der Waals surface area contributed by atoms with Gasteiger partial charge in [0.05, 0.1) is 18.2 Å². The summed E-state index contributed by atoms with van der Waals surface area (Å²) in [6, 6.07) is 10.5. The Morgan fingerprint density at radius 3 is 2.70 bits per heavy atom. The number of nitriles is 1. The van der Waals surface area contributed by atoms with Crippen LogP contribution >= 0.6 is 15.9 Å². The maximum atomic E-state index is 11.3. The first-order valence-electron chi connectivity index (χ1n) is 5.65. The summed E-state index contributed by atoms with van der Waals surface area (Å²) in [5, 5.41) is 12.1. The van der Waals surface area contributed by atoms with Gasteiger partial charge in [-0.2, -0.15) is 5.26 Å². The van der Waals surface area contributed by atoms with Crippen molar-refractivity contribution in [3.8, 4) is 6.07 Å². The van der Waals surface area contributed by atoms with Gasteiger partial charge < -0.3 is 10.1 Å². The van der Waals surface area contributed by atoms with E-state index in [1.54, 1.807) is 36.5 Å². The Morgan fingerprint density at radius 2 is 2.10 bits per heavy atom. The van der Waals surface area contributed by atoms with Gasteiger partial charge >= 0.3 is 5.97 Å². The Kier molecular flexibility index (Phi) is 4.33. The Hall–Kier alpha value is -2.39. The van der Waals surface area contributed by atoms with Crippen LogP contribution in [0.5, 0.6) is 0 Å². The molecule has 5 nitrogen and oxygen atoms in total. The molecule has 1 heterocycles. The Balaban J connectivity index is 2.23. The predicted octanol–water partition coefficient (Wildman–Crippen LogP) is 3.25. The average Bonchev–Trinajstić information content (AvgIpc) is 2.49. The molecule has 1 aromatic heterocycles. The van der Waals surface area contributed by atoms with Crippen LogP contribution in [0.15, 0.2) is 41.0 Å². The number of carbonyl (C=O) groups excluding carboxylic acids is 1. The molecule has 1 aromatic carbocycles. The number of rotatable bonds is 3. The van der Waals surface area contributed by atoms with Crippen LogP contribution in [-0.4, -0.2) is 18.1 Å². The fourth-order valence-corrected chi connectivity index (χ4v) is 1.90. The van der Waals surface area contributed by atoms with E-state index < -0.39 is 5.97 Å². The van der Waals surface area contributed by atoms with Gasteiger partial charge in [-0.1, -0.05) is 0 Å². The molecule has 2 rings (SSSR count). The molecular formula is C14H10BrN3O2. The van der Waals surface area contributed by atoms with Crippen LogP contribution in [0.2, 0.25) is 0 Å². The normalized spacial score (nSPS) is 9.65. The number of benzene rings is 1. The fraction of sp³-hybridized carbons (Fsp3) is 0.0714. The molecule has 0 fully saturated rings. The van der Waals surface area contributed by atoms with Gasteiger partial charge in [0.25, 0.3) is 0 Å². The van der Waals surface area contributed by atoms with Crippen LogP contribution in [0.3, 0.4) is 0 Å². The van der Waals surface area contributed by atoms with Crippen molar-refractivity contribution in [1.82, 2.24) is 4.98 Å². The molecule has 0 unspecified atom stereocenters.